The van der Waals surface area contributed by atoms with Crippen LogP contribution in [0.4, 0.5) is 5.69 Å². The molecule has 0 spiro atoms. The van der Waals surface area contributed by atoms with Crippen molar-refractivity contribution < 1.29 is 4.84 Å². The Balaban J connectivity index is 1.43. The van der Waals surface area contributed by atoms with E-state index in [2.05, 4.69) is 34.2 Å². The molecule has 20 heavy (non-hydrogen) atoms. The Morgan fingerprint density at radius 2 is 1.80 bits per heavy atom. The van der Waals surface area contributed by atoms with Gasteiger partial charge in [-0.1, -0.05) is 24.6 Å². The normalized spacial score (nSPS) is 19.9. The predicted octanol–water partition coefficient (Wildman–Crippen LogP) is 3.25. The molecule has 1 saturated heterocycles. The Morgan fingerprint density at radius 1 is 0.950 bits per heavy atom. The number of piperidine rings is 1. The molecule has 0 atom stereocenters. The highest BCUT2D eigenvalue weighted by molar-refractivity contribution is 5.53. The average Bonchev–Trinajstić information content (AvgIpc) is 2.53. The summed E-state index contributed by atoms with van der Waals surface area (Å²) in [7, 11) is 0. The maximum absolute atomic E-state index is 6.01. The Kier molecular flexibility index (Phi) is 4.93. The van der Waals surface area contributed by atoms with Gasteiger partial charge in [-0.25, -0.2) is 0 Å². The highest BCUT2D eigenvalue weighted by atomic mass is 16.7. The van der Waals surface area contributed by atoms with Crippen LogP contribution in [0.5, 0.6) is 0 Å². The third-order valence-corrected chi connectivity index (χ3v) is 4.38. The molecule has 1 aromatic carbocycles. The number of fused-ring (bicyclic) bond motifs is 1. The lowest BCUT2D eigenvalue weighted by Crippen LogP contribution is -2.33. The van der Waals surface area contributed by atoms with Crippen molar-refractivity contribution in [3.8, 4) is 0 Å². The molecule has 0 unspecified atom stereocenters. The summed E-state index contributed by atoms with van der Waals surface area (Å²) in [6.07, 6.45) is 7.68. The van der Waals surface area contributed by atoms with Gasteiger partial charge in [0.2, 0.25) is 0 Å². The lowest BCUT2D eigenvalue weighted by Gasteiger charge is -2.31. The number of hydrogen-bond acceptors (Lipinski definition) is 3. The van der Waals surface area contributed by atoms with E-state index in [1.807, 2.05) is 0 Å². The standard InChI is InChI=1S/C17H26N2O/c1-4-11-18(12-5-1)13-7-15-20-19-14-6-9-16-8-2-3-10-17(16)19/h2-3,8,10H,1,4-7,9,11-15H2. The van der Waals surface area contributed by atoms with Crippen molar-refractivity contribution >= 4 is 5.69 Å². The van der Waals surface area contributed by atoms with Crippen molar-refractivity contribution in [3.63, 3.8) is 0 Å². The number of aryl methyl sites for hydroxylation is 1. The lowest BCUT2D eigenvalue weighted by atomic mass is 10.0. The van der Waals surface area contributed by atoms with Crippen LogP contribution in [0, 0.1) is 0 Å². The number of benzene rings is 1. The molecular formula is C17H26N2O. The second-order valence-corrected chi connectivity index (χ2v) is 5.92. The van der Waals surface area contributed by atoms with Gasteiger partial charge in [0.1, 0.15) is 0 Å². The van der Waals surface area contributed by atoms with Crippen molar-refractivity contribution in [2.75, 3.05) is 37.8 Å². The molecule has 0 bridgehead atoms. The monoisotopic (exact) mass is 274 g/mol. The smallest absolute Gasteiger partial charge is 0.0760 e. The van der Waals surface area contributed by atoms with Crippen LogP contribution >= 0.6 is 0 Å². The van der Waals surface area contributed by atoms with E-state index in [4.69, 9.17) is 4.84 Å². The molecule has 2 aliphatic heterocycles. The van der Waals surface area contributed by atoms with Gasteiger partial charge in [0, 0.05) is 13.1 Å². The topological polar surface area (TPSA) is 15.7 Å². The third kappa shape index (κ3) is 3.53. The number of hydrogen-bond donors (Lipinski definition) is 0. The third-order valence-electron chi connectivity index (χ3n) is 4.38. The van der Waals surface area contributed by atoms with E-state index >= 15 is 0 Å². The SMILES string of the molecule is c1ccc2c(c1)CCCN2OCCCN1CCCCC1. The maximum atomic E-state index is 6.01. The minimum Gasteiger partial charge on any atom is -0.303 e. The van der Waals surface area contributed by atoms with Gasteiger partial charge >= 0.3 is 0 Å². The molecule has 2 aliphatic rings. The molecule has 0 aliphatic carbocycles. The van der Waals surface area contributed by atoms with Crippen molar-refractivity contribution in [1.82, 2.24) is 4.90 Å². The van der Waals surface area contributed by atoms with E-state index in [0.717, 1.165) is 19.6 Å². The fourth-order valence-corrected chi connectivity index (χ4v) is 3.28. The summed E-state index contributed by atoms with van der Waals surface area (Å²) < 4.78 is 0. The van der Waals surface area contributed by atoms with Gasteiger partial charge in [-0.2, -0.15) is 0 Å². The van der Waals surface area contributed by atoms with Crippen LogP contribution in [0.1, 0.15) is 37.7 Å². The first kappa shape index (κ1) is 13.9. The molecule has 0 N–H and O–H groups in total. The van der Waals surface area contributed by atoms with E-state index in [-0.39, 0.29) is 0 Å². The summed E-state index contributed by atoms with van der Waals surface area (Å²) in [6, 6.07) is 8.63. The summed E-state index contributed by atoms with van der Waals surface area (Å²) in [5.41, 5.74) is 2.70. The van der Waals surface area contributed by atoms with E-state index in [1.54, 1.807) is 0 Å². The zero-order chi connectivity index (χ0) is 13.6. The fourth-order valence-electron chi connectivity index (χ4n) is 3.28. The van der Waals surface area contributed by atoms with E-state index in [9.17, 15) is 0 Å². The first-order valence-corrected chi connectivity index (χ1v) is 8.14. The zero-order valence-corrected chi connectivity index (χ0v) is 12.4. The summed E-state index contributed by atoms with van der Waals surface area (Å²) in [5.74, 6) is 0. The van der Waals surface area contributed by atoms with E-state index in [1.165, 1.54) is 63.0 Å². The first-order chi connectivity index (χ1) is 9.93. The second-order valence-electron chi connectivity index (χ2n) is 5.92. The lowest BCUT2D eigenvalue weighted by molar-refractivity contribution is 0.0913. The molecule has 2 heterocycles. The largest absolute Gasteiger partial charge is 0.303 e. The molecule has 3 nitrogen and oxygen atoms in total. The Labute approximate surface area is 122 Å². The highest BCUT2D eigenvalue weighted by Gasteiger charge is 2.16. The quantitative estimate of drug-likeness (QED) is 0.767. The Hall–Kier alpha value is -1.06. The van der Waals surface area contributed by atoms with Crippen molar-refractivity contribution in [2.24, 2.45) is 0 Å². The van der Waals surface area contributed by atoms with Crippen molar-refractivity contribution in [2.45, 2.75) is 38.5 Å². The molecule has 0 saturated carbocycles. The van der Waals surface area contributed by atoms with Crippen LogP contribution < -0.4 is 5.06 Å². The van der Waals surface area contributed by atoms with Crippen molar-refractivity contribution in [3.05, 3.63) is 29.8 Å². The van der Waals surface area contributed by atoms with Gasteiger partial charge in [-0.05, 0) is 56.8 Å². The minimum absolute atomic E-state index is 0.838. The Bertz CT molecular complexity index is 415. The van der Waals surface area contributed by atoms with Crippen LogP contribution in [-0.4, -0.2) is 37.7 Å². The minimum atomic E-state index is 0.838. The van der Waals surface area contributed by atoms with Crippen LogP contribution in [-0.2, 0) is 11.3 Å². The van der Waals surface area contributed by atoms with E-state index in [0.29, 0.717) is 0 Å². The van der Waals surface area contributed by atoms with Gasteiger partial charge in [-0.15, -0.1) is 0 Å². The maximum Gasteiger partial charge on any atom is 0.0760 e. The zero-order valence-electron chi connectivity index (χ0n) is 12.4. The molecule has 110 valence electrons. The molecule has 0 amide bonds. The summed E-state index contributed by atoms with van der Waals surface area (Å²) in [5, 5.41) is 2.11. The molecular weight excluding hydrogens is 248 g/mol. The molecule has 1 aromatic rings. The summed E-state index contributed by atoms with van der Waals surface area (Å²) in [4.78, 5) is 8.59. The highest BCUT2D eigenvalue weighted by Crippen LogP contribution is 2.26. The van der Waals surface area contributed by atoms with Gasteiger partial charge < -0.3 is 4.90 Å². The number of nitrogens with zero attached hydrogens (tertiary/aromatic N) is 2. The van der Waals surface area contributed by atoms with Gasteiger partial charge in [-0.3, -0.25) is 9.90 Å². The molecule has 0 aromatic heterocycles. The number of hydroxylamine groups is 1. The number of rotatable bonds is 5. The first-order valence-electron chi connectivity index (χ1n) is 8.14. The average molecular weight is 274 g/mol. The van der Waals surface area contributed by atoms with Crippen LogP contribution in [0.3, 0.4) is 0 Å². The summed E-state index contributed by atoms with van der Waals surface area (Å²) in [6.45, 7) is 5.63. The van der Waals surface area contributed by atoms with E-state index < -0.39 is 0 Å². The second kappa shape index (κ2) is 7.09. The van der Waals surface area contributed by atoms with Crippen LogP contribution in [0.15, 0.2) is 24.3 Å². The molecule has 0 radical (unpaired) electrons. The fraction of sp³-hybridized carbons (Fsp3) is 0.647. The van der Waals surface area contributed by atoms with Gasteiger partial charge in [0.05, 0.1) is 12.3 Å². The molecule has 1 fully saturated rings. The van der Waals surface area contributed by atoms with Crippen LogP contribution in [0.2, 0.25) is 0 Å². The van der Waals surface area contributed by atoms with Gasteiger partial charge in [0.15, 0.2) is 0 Å². The Morgan fingerprint density at radius 3 is 2.70 bits per heavy atom. The summed E-state index contributed by atoms with van der Waals surface area (Å²) >= 11 is 0. The number of para-hydroxylation sites is 1. The number of likely N-dealkylation sites (tertiary alicyclic amines) is 1. The van der Waals surface area contributed by atoms with Gasteiger partial charge in [0.25, 0.3) is 0 Å². The number of anilines is 1. The van der Waals surface area contributed by atoms with Crippen LogP contribution in [0.25, 0.3) is 0 Å². The van der Waals surface area contributed by atoms with Crippen molar-refractivity contribution in [1.29, 1.82) is 0 Å². The molecule has 3 rings (SSSR count). The molecule has 3 heteroatoms. The predicted molar refractivity (Wildman–Crippen MR) is 83.0 cm³/mol.